The minimum atomic E-state index is -4.02. The molecule has 4 rings (SSSR count). The van der Waals surface area contributed by atoms with Crippen molar-refractivity contribution in [3.63, 3.8) is 0 Å². The zero-order valence-electron chi connectivity index (χ0n) is 19.6. The van der Waals surface area contributed by atoms with Crippen LogP contribution in [0.15, 0.2) is 70.3 Å². The lowest BCUT2D eigenvalue weighted by Crippen LogP contribution is -2.37. The van der Waals surface area contributed by atoms with Crippen LogP contribution in [-0.2, 0) is 32.5 Å². The monoisotopic (exact) mass is 515 g/mol. The second-order valence-corrected chi connectivity index (χ2v) is 11.0. The van der Waals surface area contributed by atoms with Crippen LogP contribution in [0.5, 0.6) is 5.75 Å². The van der Waals surface area contributed by atoms with Crippen LogP contribution in [0.3, 0.4) is 0 Å². The number of nitrogens with zero attached hydrogens (tertiary/aromatic N) is 1. The Morgan fingerprint density at radius 3 is 2.74 bits per heavy atom. The summed E-state index contributed by atoms with van der Waals surface area (Å²) in [5.41, 5.74) is 2.03. The minimum absolute atomic E-state index is 0.0119. The van der Waals surface area contributed by atoms with E-state index in [0.29, 0.717) is 19.0 Å². The normalized spacial score (nSPS) is 15.9. The molecule has 3 aromatic rings. The smallest absolute Gasteiger partial charge is 0.339 e. The summed E-state index contributed by atoms with van der Waals surface area (Å²) in [4.78, 5) is 12.2. The number of ether oxygens (including phenoxy) is 3. The summed E-state index contributed by atoms with van der Waals surface area (Å²) in [6.07, 6.45) is 2.29. The molecule has 0 radical (unpaired) electrons. The minimum Gasteiger partial charge on any atom is -0.493 e. The van der Waals surface area contributed by atoms with Gasteiger partial charge in [0, 0.05) is 26.1 Å². The number of hydrogen-bond donors (Lipinski definition) is 0. The van der Waals surface area contributed by atoms with E-state index in [-0.39, 0.29) is 29.7 Å². The lowest BCUT2D eigenvalue weighted by Gasteiger charge is -2.26. The van der Waals surface area contributed by atoms with Crippen molar-refractivity contribution in [2.45, 2.75) is 36.8 Å². The summed E-state index contributed by atoms with van der Waals surface area (Å²) in [6.45, 7) is 1.47. The second-order valence-electron chi connectivity index (χ2n) is 8.30. The van der Waals surface area contributed by atoms with Gasteiger partial charge in [0.2, 0.25) is 10.0 Å². The van der Waals surface area contributed by atoms with Gasteiger partial charge in [-0.1, -0.05) is 24.3 Å². The van der Waals surface area contributed by atoms with Gasteiger partial charge >= 0.3 is 5.97 Å². The number of methoxy groups -OCH3 is 1. The van der Waals surface area contributed by atoms with E-state index < -0.39 is 16.0 Å². The van der Waals surface area contributed by atoms with Crippen molar-refractivity contribution in [3.05, 3.63) is 82.0 Å². The highest BCUT2D eigenvalue weighted by Gasteiger charge is 2.32. The largest absolute Gasteiger partial charge is 0.493 e. The Morgan fingerprint density at radius 2 is 2.00 bits per heavy atom. The number of carbonyl (C=O) groups is 1. The molecular weight excluding hydrogens is 486 g/mol. The third kappa shape index (κ3) is 6.49. The molecule has 0 bridgehead atoms. The van der Waals surface area contributed by atoms with Gasteiger partial charge in [0.25, 0.3) is 0 Å². The van der Waals surface area contributed by atoms with Crippen molar-refractivity contribution in [1.29, 1.82) is 0 Å². The molecule has 1 fully saturated rings. The van der Waals surface area contributed by atoms with E-state index >= 15 is 0 Å². The van der Waals surface area contributed by atoms with Crippen LogP contribution in [0.2, 0.25) is 0 Å². The molecule has 9 heteroatoms. The van der Waals surface area contributed by atoms with Gasteiger partial charge in [-0.05, 0) is 65.1 Å². The maximum atomic E-state index is 13.8. The van der Waals surface area contributed by atoms with Crippen LogP contribution in [0.25, 0.3) is 0 Å². The summed E-state index contributed by atoms with van der Waals surface area (Å²) in [5.74, 6) is -0.00980. The third-order valence-corrected chi connectivity index (χ3v) is 8.44. The molecule has 0 aliphatic carbocycles. The van der Waals surface area contributed by atoms with Crippen LogP contribution >= 0.6 is 11.3 Å². The lowest BCUT2D eigenvalue weighted by molar-refractivity contribution is 0.0596. The number of esters is 1. The van der Waals surface area contributed by atoms with E-state index in [4.69, 9.17) is 14.2 Å². The standard InChI is InChI=1S/C26H29NO6S2/c1-31-26(28)24-9-2-3-10-25(24)35(29,30)27(18-23-8-5-13-32-23)17-21-6-4-7-22(16-21)33-14-11-20-12-15-34-19-20/h2-4,6-7,9-10,12,15-16,19,23H,5,8,11,13-14,17-18H2,1H3. The molecule has 0 amide bonds. The first-order chi connectivity index (χ1) is 17.0. The molecule has 1 atom stereocenters. The Balaban J connectivity index is 1.56. The number of benzene rings is 2. The van der Waals surface area contributed by atoms with Crippen molar-refractivity contribution < 1.29 is 27.4 Å². The van der Waals surface area contributed by atoms with Crippen molar-refractivity contribution >= 4 is 27.3 Å². The maximum absolute atomic E-state index is 13.8. The van der Waals surface area contributed by atoms with Crippen molar-refractivity contribution in [2.24, 2.45) is 0 Å². The van der Waals surface area contributed by atoms with Gasteiger partial charge in [0.05, 0.1) is 30.3 Å². The van der Waals surface area contributed by atoms with Crippen molar-refractivity contribution in [1.82, 2.24) is 4.31 Å². The fourth-order valence-corrected chi connectivity index (χ4v) is 6.37. The number of sulfonamides is 1. The van der Waals surface area contributed by atoms with Gasteiger partial charge in [-0.25, -0.2) is 13.2 Å². The van der Waals surface area contributed by atoms with Gasteiger partial charge in [-0.2, -0.15) is 15.6 Å². The van der Waals surface area contributed by atoms with E-state index in [1.165, 1.54) is 29.1 Å². The van der Waals surface area contributed by atoms with E-state index in [1.807, 2.05) is 29.6 Å². The van der Waals surface area contributed by atoms with Gasteiger partial charge in [-0.3, -0.25) is 0 Å². The first-order valence-electron chi connectivity index (χ1n) is 11.5. The average Bonchev–Trinajstić information content (AvgIpc) is 3.58. The Hall–Kier alpha value is -2.72. The van der Waals surface area contributed by atoms with E-state index in [0.717, 1.165) is 24.8 Å². The molecule has 1 aliphatic heterocycles. The number of rotatable bonds is 11. The summed E-state index contributed by atoms with van der Waals surface area (Å²) in [7, 11) is -2.78. The maximum Gasteiger partial charge on any atom is 0.339 e. The number of hydrogen-bond acceptors (Lipinski definition) is 7. The molecule has 1 unspecified atom stereocenters. The zero-order valence-corrected chi connectivity index (χ0v) is 21.2. The van der Waals surface area contributed by atoms with Gasteiger partial charge in [-0.15, -0.1) is 0 Å². The quantitative estimate of drug-likeness (QED) is 0.349. The van der Waals surface area contributed by atoms with Crippen LogP contribution < -0.4 is 4.74 Å². The first kappa shape index (κ1) is 25.4. The number of thiophene rings is 1. The highest BCUT2D eigenvalue weighted by Crippen LogP contribution is 2.26. The molecule has 2 aromatic carbocycles. The second kappa shape index (κ2) is 11.8. The Morgan fingerprint density at radius 1 is 1.14 bits per heavy atom. The topological polar surface area (TPSA) is 82.1 Å². The van der Waals surface area contributed by atoms with Gasteiger partial charge in [0.1, 0.15) is 5.75 Å². The van der Waals surface area contributed by atoms with E-state index in [1.54, 1.807) is 23.5 Å². The van der Waals surface area contributed by atoms with Crippen LogP contribution in [0, 0.1) is 0 Å². The Kier molecular flexibility index (Phi) is 8.56. The molecule has 7 nitrogen and oxygen atoms in total. The highest BCUT2D eigenvalue weighted by atomic mass is 32.2. The molecule has 1 aromatic heterocycles. The van der Waals surface area contributed by atoms with Gasteiger partial charge in [0.15, 0.2) is 0 Å². The van der Waals surface area contributed by atoms with E-state index in [2.05, 4.69) is 11.4 Å². The fourth-order valence-electron chi connectivity index (χ4n) is 4.03. The lowest BCUT2D eigenvalue weighted by atomic mass is 10.2. The van der Waals surface area contributed by atoms with Crippen molar-refractivity contribution in [2.75, 3.05) is 26.9 Å². The predicted octanol–water partition coefficient (Wildman–Crippen LogP) is 4.53. The summed E-state index contributed by atoms with van der Waals surface area (Å²) < 4.78 is 45.4. The summed E-state index contributed by atoms with van der Waals surface area (Å²) in [6, 6.07) is 15.6. The molecule has 0 spiro atoms. The molecule has 0 N–H and O–H groups in total. The fraction of sp³-hybridized carbons (Fsp3) is 0.346. The molecule has 2 heterocycles. The van der Waals surface area contributed by atoms with Crippen LogP contribution in [0.1, 0.15) is 34.3 Å². The average molecular weight is 516 g/mol. The zero-order chi connectivity index (χ0) is 24.7. The molecule has 186 valence electrons. The first-order valence-corrected chi connectivity index (χ1v) is 13.9. The van der Waals surface area contributed by atoms with Crippen LogP contribution in [-0.4, -0.2) is 51.7 Å². The van der Waals surface area contributed by atoms with Gasteiger partial charge < -0.3 is 14.2 Å². The summed E-state index contributed by atoms with van der Waals surface area (Å²) >= 11 is 1.66. The molecule has 0 saturated carbocycles. The van der Waals surface area contributed by atoms with Crippen molar-refractivity contribution in [3.8, 4) is 5.75 Å². The Labute approximate surface area is 210 Å². The predicted molar refractivity (Wildman–Crippen MR) is 134 cm³/mol. The molecule has 35 heavy (non-hydrogen) atoms. The summed E-state index contributed by atoms with van der Waals surface area (Å²) in [5, 5.41) is 4.14. The third-order valence-electron chi connectivity index (χ3n) is 5.84. The molecular formula is C26H29NO6S2. The highest BCUT2D eigenvalue weighted by molar-refractivity contribution is 7.89. The Bertz CT molecular complexity index is 1220. The van der Waals surface area contributed by atoms with E-state index in [9.17, 15) is 13.2 Å². The SMILES string of the molecule is COC(=O)c1ccccc1S(=O)(=O)N(Cc1cccc(OCCc2ccsc2)c1)CC1CCCO1. The molecule has 1 aliphatic rings. The van der Waals surface area contributed by atoms with Crippen LogP contribution in [0.4, 0.5) is 0 Å². The number of carbonyl (C=O) groups excluding carboxylic acids is 1. The molecule has 1 saturated heterocycles.